The molecule has 0 N–H and O–H groups in total. The van der Waals surface area contributed by atoms with Crippen LogP contribution in [0.15, 0.2) is 78.2 Å². The third-order valence-electron chi connectivity index (χ3n) is 4.99. The second kappa shape index (κ2) is 11.9. The number of aromatic nitrogens is 1. The lowest BCUT2D eigenvalue weighted by molar-refractivity contribution is -0.147. The van der Waals surface area contributed by atoms with Gasteiger partial charge < -0.3 is 23.7 Å². The highest BCUT2D eigenvalue weighted by Crippen LogP contribution is 2.39. The van der Waals surface area contributed by atoms with Gasteiger partial charge in [-0.2, -0.15) is 0 Å². The van der Waals surface area contributed by atoms with Gasteiger partial charge in [-0.15, -0.1) is 11.3 Å². The number of carbonyl (C=O) groups is 1. The molecule has 0 radical (unpaired) electrons. The number of rotatable bonds is 11. The largest absolute Gasteiger partial charge is 0.493 e. The lowest BCUT2D eigenvalue weighted by Gasteiger charge is -2.10. The summed E-state index contributed by atoms with van der Waals surface area (Å²) in [6, 6.07) is 22.6. The molecule has 0 saturated carbocycles. The van der Waals surface area contributed by atoms with Crippen molar-refractivity contribution in [1.82, 2.24) is 4.98 Å². The fourth-order valence-corrected chi connectivity index (χ4v) is 4.09. The zero-order valence-electron chi connectivity index (χ0n) is 19.4. The van der Waals surface area contributed by atoms with Gasteiger partial charge in [-0.05, 0) is 42.0 Å². The number of thiazole rings is 1. The Morgan fingerprint density at radius 3 is 2.29 bits per heavy atom. The molecule has 0 amide bonds. The molecular weight excluding hydrogens is 466 g/mol. The van der Waals surface area contributed by atoms with Gasteiger partial charge in [-0.1, -0.05) is 36.4 Å². The molecule has 0 unspecified atom stereocenters. The van der Waals surface area contributed by atoms with Crippen LogP contribution in [0.3, 0.4) is 0 Å². The van der Waals surface area contributed by atoms with Gasteiger partial charge in [0.25, 0.3) is 0 Å². The Balaban J connectivity index is 1.24. The number of methoxy groups -OCH3 is 2. The molecule has 0 bridgehead atoms. The van der Waals surface area contributed by atoms with Crippen molar-refractivity contribution >= 4 is 17.3 Å². The lowest BCUT2D eigenvalue weighted by Crippen LogP contribution is -2.14. The number of hydrogen-bond acceptors (Lipinski definition) is 8. The summed E-state index contributed by atoms with van der Waals surface area (Å²) >= 11 is 1.44. The number of ether oxygens (including phenoxy) is 5. The predicted molar refractivity (Wildman–Crippen MR) is 133 cm³/mol. The molecule has 4 aromatic rings. The van der Waals surface area contributed by atoms with E-state index in [1.165, 1.54) is 11.3 Å². The Labute approximate surface area is 207 Å². The molecule has 180 valence electrons. The minimum absolute atomic E-state index is 0.0528. The summed E-state index contributed by atoms with van der Waals surface area (Å²) in [6.45, 7) is 0.332. The van der Waals surface area contributed by atoms with Gasteiger partial charge >= 0.3 is 5.97 Å². The molecule has 0 saturated heterocycles. The van der Waals surface area contributed by atoms with Crippen molar-refractivity contribution in [3.63, 3.8) is 0 Å². The van der Waals surface area contributed by atoms with Crippen LogP contribution in [0.25, 0.3) is 10.6 Å². The molecule has 0 spiro atoms. The van der Waals surface area contributed by atoms with E-state index in [2.05, 4.69) is 4.98 Å². The van der Waals surface area contributed by atoms with Crippen LogP contribution in [0, 0.1) is 0 Å². The zero-order valence-corrected chi connectivity index (χ0v) is 20.2. The van der Waals surface area contributed by atoms with Crippen LogP contribution in [-0.4, -0.2) is 31.8 Å². The first kappa shape index (κ1) is 24.1. The second-order valence-electron chi connectivity index (χ2n) is 7.38. The quantitative estimate of drug-likeness (QED) is 0.255. The summed E-state index contributed by atoms with van der Waals surface area (Å²) in [5, 5.41) is 2.59. The maximum Gasteiger partial charge on any atom is 0.344 e. The SMILES string of the molecule is COc1cccc(-c2nc(COC(=O)COc3ccc(OCc4ccccc4)cc3)cs2)c1OC. The fourth-order valence-electron chi connectivity index (χ4n) is 3.26. The molecule has 4 rings (SSSR count). The maximum atomic E-state index is 12.1. The van der Waals surface area contributed by atoms with Gasteiger partial charge in [0.15, 0.2) is 18.1 Å². The normalized spacial score (nSPS) is 10.5. The van der Waals surface area contributed by atoms with E-state index in [4.69, 9.17) is 23.7 Å². The van der Waals surface area contributed by atoms with Gasteiger partial charge in [0.2, 0.25) is 0 Å². The summed E-state index contributed by atoms with van der Waals surface area (Å²) < 4.78 is 27.4. The van der Waals surface area contributed by atoms with Crippen molar-refractivity contribution in [2.24, 2.45) is 0 Å². The van der Waals surface area contributed by atoms with Crippen LogP contribution < -0.4 is 18.9 Å². The third kappa shape index (κ3) is 6.51. The molecule has 7 nitrogen and oxygen atoms in total. The van der Waals surface area contributed by atoms with E-state index in [1.807, 2.05) is 53.9 Å². The first-order chi connectivity index (χ1) is 17.2. The highest BCUT2D eigenvalue weighted by Gasteiger charge is 2.15. The Morgan fingerprint density at radius 2 is 1.57 bits per heavy atom. The second-order valence-corrected chi connectivity index (χ2v) is 8.24. The average Bonchev–Trinajstić information content (AvgIpc) is 3.39. The highest BCUT2D eigenvalue weighted by atomic mass is 32.1. The molecule has 0 aliphatic carbocycles. The van der Waals surface area contributed by atoms with E-state index in [0.29, 0.717) is 29.5 Å². The summed E-state index contributed by atoms with van der Waals surface area (Å²) in [6.07, 6.45) is 0. The summed E-state index contributed by atoms with van der Waals surface area (Å²) in [7, 11) is 3.17. The number of carbonyl (C=O) groups excluding carboxylic acids is 1. The Bertz CT molecular complexity index is 1240. The fraction of sp³-hybridized carbons (Fsp3) is 0.185. The number of para-hydroxylation sites is 1. The lowest BCUT2D eigenvalue weighted by atomic mass is 10.2. The Kier molecular flexibility index (Phi) is 8.19. The first-order valence-corrected chi connectivity index (χ1v) is 11.7. The third-order valence-corrected chi connectivity index (χ3v) is 5.92. The van der Waals surface area contributed by atoms with Crippen molar-refractivity contribution in [1.29, 1.82) is 0 Å². The highest BCUT2D eigenvalue weighted by molar-refractivity contribution is 7.13. The van der Waals surface area contributed by atoms with Crippen LogP contribution in [0.2, 0.25) is 0 Å². The predicted octanol–water partition coefficient (Wildman–Crippen LogP) is 5.53. The number of nitrogens with zero attached hydrogens (tertiary/aromatic N) is 1. The Hall–Kier alpha value is -4.04. The van der Waals surface area contributed by atoms with Gasteiger partial charge in [0.05, 0.1) is 25.5 Å². The number of hydrogen-bond donors (Lipinski definition) is 0. The van der Waals surface area contributed by atoms with E-state index in [0.717, 1.165) is 21.9 Å². The van der Waals surface area contributed by atoms with Crippen molar-refractivity contribution in [3.8, 4) is 33.6 Å². The van der Waals surface area contributed by atoms with Crippen molar-refractivity contribution in [2.75, 3.05) is 20.8 Å². The van der Waals surface area contributed by atoms with E-state index in [1.54, 1.807) is 38.5 Å². The summed E-state index contributed by atoms with van der Waals surface area (Å²) in [5.74, 6) is 2.02. The van der Waals surface area contributed by atoms with E-state index < -0.39 is 5.97 Å². The molecule has 8 heteroatoms. The van der Waals surface area contributed by atoms with Crippen molar-refractivity contribution in [3.05, 3.63) is 89.4 Å². The van der Waals surface area contributed by atoms with Gasteiger partial charge in [0.1, 0.15) is 29.7 Å². The average molecular weight is 492 g/mol. The van der Waals surface area contributed by atoms with E-state index in [9.17, 15) is 4.79 Å². The van der Waals surface area contributed by atoms with Gasteiger partial charge in [-0.3, -0.25) is 0 Å². The van der Waals surface area contributed by atoms with Crippen LogP contribution in [0.1, 0.15) is 11.3 Å². The maximum absolute atomic E-state index is 12.1. The van der Waals surface area contributed by atoms with Crippen molar-refractivity contribution in [2.45, 2.75) is 13.2 Å². The number of esters is 1. The van der Waals surface area contributed by atoms with Gasteiger partial charge in [-0.25, -0.2) is 9.78 Å². The van der Waals surface area contributed by atoms with Crippen LogP contribution >= 0.6 is 11.3 Å². The minimum atomic E-state index is -0.483. The standard InChI is InChI=1S/C27H25NO6S/c1-30-24-10-6-9-23(26(24)31-2)27-28-20(18-35-27)16-34-25(29)17-33-22-13-11-21(12-14-22)32-15-19-7-4-3-5-8-19/h3-14,18H,15-17H2,1-2H3. The summed E-state index contributed by atoms with van der Waals surface area (Å²) in [4.78, 5) is 16.7. The topological polar surface area (TPSA) is 76.1 Å². The molecular formula is C27H25NO6S. The van der Waals surface area contributed by atoms with Crippen molar-refractivity contribution < 1.29 is 28.5 Å². The monoisotopic (exact) mass is 491 g/mol. The molecule has 0 fully saturated rings. The van der Waals surface area contributed by atoms with Crippen LogP contribution in [-0.2, 0) is 22.7 Å². The van der Waals surface area contributed by atoms with Gasteiger partial charge in [0, 0.05) is 5.38 Å². The molecule has 1 heterocycles. The smallest absolute Gasteiger partial charge is 0.344 e. The zero-order chi connectivity index (χ0) is 24.5. The van der Waals surface area contributed by atoms with Crippen LogP contribution in [0.5, 0.6) is 23.0 Å². The molecule has 35 heavy (non-hydrogen) atoms. The molecule has 0 aliphatic rings. The van der Waals surface area contributed by atoms with E-state index in [-0.39, 0.29) is 13.2 Å². The molecule has 0 atom stereocenters. The van der Waals surface area contributed by atoms with Crippen LogP contribution in [0.4, 0.5) is 0 Å². The molecule has 1 aromatic heterocycles. The minimum Gasteiger partial charge on any atom is -0.493 e. The molecule has 3 aromatic carbocycles. The first-order valence-electron chi connectivity index (χ1n) is 10.9. The summed E-state index contributed by atoms with van der Waals surface area (Å²) in [5.41, 5.74) is 2.54. The molecule has 0 aliphatic heterocycles. The Morgan fingerprint density at radius 1 is 0.829 bits per heavy atom. The number of benzene rings is 3. The van der Waals surface area contributed by atoms with E-state index >= 15 is 0 Å².